The minimum atomic E-state index is 0.0931. The molecule has 6 heteroatoms. The van der Waals surface area contributed by atoms with Gasteiger partial charge in [0.1, 0.15) is 19.0 Å². The van der Waals surface area contributed by atoms with Gasteiger partial charge in [-0.3, -0.25) is 4.79 Å². The summed E-state index contributed by atoms with van der Waals surface area (Å²) in [5.41, 5.74) is 1.60. The predicted molar refractivity (Wildman–Crippen MR) is 90.9 cm³/mol. The Balaban J connectivity index is 1.40. The van der Waals surface area contributed by atoms with E-state index >= 15 is 0 Å². The van der Waals surface area contributed by atoms with Crippen molar-refractivity contribution >= 4 is 23.1 Å². The maximum absolute atomic E-state index is 11.9. The largest absolute Gasteiger partial charge is 0.486 e. The fourth-order valence-corrected chi connectivity index (χ4v) is 2.73. The normalized spacial score (nSPS) is 16.2. The Bertz CT molecular complexity index is 742. The van der Waals surface area contributed by atoms with Gasteiger partial charge in [0, 0.05) is 17.7 Å². The van der Waals surface area contributed by atoms with Gasteiger partial charge in [0.15, 0.2) is 11.5 Å². The van der Waals surface area contributed by atoms with Crippen LogP contribution in [0.3, 0.4) is 0 Å². The Kier molecular flexibility index (Phi) is 3.94. The number of carbonyl (C=O) groups excluding carboxylic acids is 1. The molecule has 2 N–H and O–H groups in total. The third-order valence-electron chi connectivity index (χ3n) is 4.32. The number of rotatable bonds is 4. The molecule has 2 aliphatic rings. The fourth-order valence-electron chi connectivity index (χ4n) is 2.73. The molecule has 4 rings (SSSR count). The first-order chi connectivity index (χ1) is 11.8. The first-order valence-electron chi connectivity index (χ1n) is 8.21. The first-order valence-corrected chi connectivity index (χ1v) is 8.21. The highest BCUT2D eigenvalue weighted by atomic mass is 16.6. The van der Waals surface area contributed by atoms with Crippen LogP contribution in [0.1, 0.15) is 19.3 Å². The fraction of sp³-hybridized carbons (Fsp3) is 0.333. The van der Waals surface area contributed by atoms with E-state index in [2.05, 4.69) is 15.6 Å². The summed E-state index contributed by atoms with van der Waals surface area (Å²) in [6.07, 6.45) is 4.79. The summed E-state index contributed by atoms with van der Waals surface area (Å²) in [4.78, 5) is 16.3. The van der Waals surface area contributed by atoms with Crippen LogP contribution in [-0.2, 0) is 4.79 Å². The van der Waals surface area contributed by atoms with Gasteiger partial charge in [-0.1, -0.05) is 6.42 Å². The lowest BCUT2D eigenvalue weighted by Crippen LogP contribution is -2.28. The van der Waals surface area contributed by atoms with E-state index in [1.807, 2.05) is 30.3 Å². The molecule has 1 saturated carbocycles. The molecule has 6 nitrogen and oxygen atoms in total. The molecule has 0 unspecified atom stereocenters. The van der Waals surface area contributed by atoms with Crippen LogP contribution >= 0.6 is 0 Å². The van der Waals surface area contributed by atoms with Gasteiger partial charge in [0.25, 0.3) is 0 Å². The van der Waals surface area contributed by atoms with Gasteiger partial charge in [-0.05, 0) is 37.1 Å². The molecule has 1 aromatic heterocycles. The van der Waals surface area contributed by atoms with E-state index in [1.165, 1.54) is 0 Å². The number of benzene rings is 1. The number of hydrogen-bond acceptors (Lipinski definition) is 5. The predicted octanol–water partition coefficient (Wildman–Crippen LogP) is 3.34. The second kappa shape index (κ2) is 6.39. The van der Waals surface area contributed by atoms with Crippen LogP contribution in [0.2, 0.25) is 0 Å². The number of nitrogens with zero attached hydrogens (tertiary/aromatic N) is 1. The summed E-state index contributed by atoms with van der Waals surface area (Å²) in [5.74, 6) is 2.45. The maximum atomic E-state index is 11.9. The van der Waals surface area contributed by atoms with Crippen molar-refractivity contribution in [2.24, 2.45) is 5.92 Å². The molecule has 24 heavy (non-hydrogen) atoms. The number of nitrogens with one attached hydrogen (secondary N) is 2. The third-order valence-corrected chi connectivity index (χ3v) is 4.32. The number of amides is 1. The van der Waals surface area contributed by atoms with Crippen LogP contribution < -0.4 is 20.1 Å². The van der Waals surface area contributed by atoms with Crippen molar-refractivity contribution in [1.82, 2.24) is 4.98 Å². The van der Waals surface area contributed by atoms with Crippen molar-refractivity contribution in [2.45, 2.75) is 19.3 Å². The molecule has 2 aromatic rings. The molecule has 0 radical (unpaired) electrons. The average molecular weight is 325 g/mol. The van der Waals surface area contributed by atoms with E-state index in [9.17, 15) is 4.79 Å². The third kappa shape index (κ3) is 3.13. The minimum Gasteiger partial charge on any atom is -0.486 e. The van der Waals surface area contributed by atoms with E-state index in [1.54, 1.807) is 6.20 Å². The van der Waals surface area contributed by atoms with Gasteiger partial charge >= 0.3 is 0 Å². The molecule has 2 heterocycles. The molecule has 1 amide bonds. The molecular weight excluding hydrogens is 306 g/mol. The van der Waals surface area contributed by atoms with Crippen molar-refractivity contribution in [3.05, 3.63) is 36.5 Å². The second-order valence-corrected chi connectivity index (χ2v) is 6.03. The van der Waals surface area contributed by atoms with Crippen LogP contribution in [0.25, 0.3) is 0 Å². The zero-order chi connectivity index (χ0) is 16.4. The number of hydrogen-bond donors (Lipinski definition) is 2. The lowest BCUT2D eigenvalue weighted by molar-refractivity contribution is -0.122. The Labute approximate surface area is 140 Å². The Hall–Kier alpha value is -2.76. The smallest absolute Gasteiger partial charge is 0.227 e. The van der Waals surface area contributed by atoms with Gasteiger partial charge < -0.3 is 20.1 Å². The van der Waals surface area contributed by atoms with E-state index in [-0.39, 0.29) is 11.8 Å². The number of aromatic nitrogens is 1. The molecule has 1 fully saturated rings. The van der Waals surface area contributed by atoms with Gasteiger partial charge in [0.05, 0.1) is 11.9 Å². The molecule has 1 aromatic carbocycles. The summed E-state index contributed by atoms with van der Waals surface area (Å²) < 4.78 is 11.1. The molecule has 0 bridgehead atoms. The summed E-state index contributed by atoms with van der Waals surface area (Å²) in [6, 6.07) is 9.38. The molecule has 0 atom stereocenters. The molecule has 0 spiro atoms. The summed E-state index contributed by atoms with van der Waals surface area (Å²) in [7, 11) is 0. The Morgan fingerprint density at radius 1 is 1.04 bits per heavy atom. The SMILES string of the molecule is O=C(Nc1ccc(Nc2ccc3c(c2)OCCO3)nc1)C1CCC1. The van der Waals surface area contributed by atoms with E-state index in [4.69, 9.17) is 9.47 Å². The van der Waals surface area contributed by atoms with Crippen molar-refractivity contribution < 1.29 is 14.3 Å². The van der Waals surface area contributed by atoms with Gasteiger partial charge in [-0.2, -0.15) is 0 Å². The van der Waals surface area contributed by atoms with E-state index in [0.717, 1.165) is 42.1 Å². The standard InChI is InChI=1S/C18H19N3O3/c22-18(12-2-1-3-12)21-14-5-7-17(19-11-14)20-13-4-6-15-16(10-13)24-9-8-23-15/h4-7,10-12H,1-3,8-9H2,(H,19,20)(H,21,22). The van der Waals surface area contributed by atoms with Crippen LogP contribution in [0.15, 0.2) is 36.5 Å². The summed E-state index contributed by atoms with van der Waals surface area (Å²) >= 11 is 0. The highest BCUT2D eigenvalue weighted by Gasteiger charge is 2.25. The van der Waals surface area contributed by atoms with Crippen molar-refractivity contribution in [3.8, 4) is 11.5 Å². The van der Waals surface area contributed by atoms with Crippen LogP contribution in [0.5, 0.6) is 11.5 Å². The first kappa shape index (κ1) is 14.8. The topological polar surface area (TPSA) is 72.5 Å². The zero-order valence-corrected chi connectivity index (χ0v) is 13.2. The van der Waals surface area contributed by atoms with Crippen LogP contribution in [0.4, 0.5) is 17.2 Å². The van der Waals surface area contributed by atoms with Crippen molar-refractivity contribution in [1.29, 1.82) is 0 Å². The molecule has 1 aliphatic carbocycles. The number of carbonyl (C=O) groups is 1. The van der Waals surface area contributed by atoms with Crippen LogP contribution in [-0.4, -0.2) is 24.1 Å². The lowest BCUT2D eigenvalue weighted by Gasteiger charge is -2.23. The van der Waals surface area contributed by atoms with Gasteiger partial charge in [-0.15, -0.1) is 0 Å². The highest BCUT2D eigenvalue weighted by Crippen LogP contribution is 2.33. The highest BCUT2D eigenvalue weighted by molar-refractivity contribution is 5.92. The van der Waals surface area contributed by atoms with Gasteiger partial charge in [-0.25, -0.2) is 4.98 Å². The molecule has 0 saturated heterocycles. The van der Waals surface area contributed by atoms with Crippen LogP contribution in [0, 0.1) is 5.92 Å². The molecule has 1 aliphatic heterocycles. The number of anilines is 3. The quantitative estimate of drug-likeness (QED) is 0.902. The molecule has 124 valence electrons. The average Bonchev–Trinajstić information content (AvgIpc) is 2.55. The number of pyridine rings is 1. The number of ether oxygens (including phenoxy) is 2. The van der Waals surface area contributed by atoms with Crippen molar-refractivity contribution in [3.63, 3.8) is 0 Å². The monoisotopic (exact) mass is 325 g/mol. The Morgan fingerprint density at radius 3 is 2.54 bits per heavy atom. The van der Waals surface area contributed by atoms with E-state index in [0.29, 0.717) is 19.0 Å². The Morgan fingerprint density at radius 2 is 1.83 bits per heavy atom. The summed E-state index contributed by atoms with van der Waals surface area (Å²) in [5, 5.41) is 6.13. The van der Waals surface area contributed by atoms with Crippen molar-refractivity contribution in [2.75, 3.05) is 23.8 Å². The number of fused-ring (bicyclic) bond motifs is 1. The molecular formula is C18H19N3O3. The summed E-state index contributed by atoms with van der Waals surface area (Å²) in [6.45, 7) is 1.14. The zero-order valence-electron chi connectivity index (χ0n) is 13.2. The second-order valence-electron chi connectivity index (χ2n) is 6.03. The van der Waals surface area contributed by atoms with E-state index < -0.39 is 0 Å². The lowest BCUT2D eigenvalue weighted by atomic mass is 9.85. The minimum absolute atomic E-state index is 0.0931. The van der Waals surface area contributed by atoms with Gasteiger partial charge in [0.2, 0.25) is 5.91 Å². The maximum Gasteiger partial charge on any atom is 0.227 e.